The van der Waals surface area contributed by atoms with E-state index in [2.05, 4.69) is 0 Å². The standard InChI is InChI=1S/C24H26O6/c1-24(2)20(25)13-16-11-14(5-10-19(16)30-24)12-18-21(22(26)29-23(18)28-4)15-6-8-17(27-3)9-7-15/h5-11,20,23,25H,12-13H2,1-4H3. The predicted octanol–water partition coefficient (Wildman–Crippen LogP) is 3.30. The lowest BCUT2D eigenvalue weighted by atomic mass is 9.89. The molecule has 158 valence electrons. The Morgan fingerprint density at radius 1 is 1.13 bits per heavy atom. The molecule has 2 heterocycles. The first-order valence-electron chi connectivity index (χ1n) is 9.92. The molecule has 0 saturated carbocycles. The first-order valence-corrected chi connectivity index (χ1v) is 9.92. The number of methoxy groups -OCH3 is 2. The van der Waals surface area contributed by atoms with Crippen LogP contribution in [0.15, 0.2) is 48.0 Å². The van der Waals surface area contributed by atoms with Gasteiger partial charge < -0.3 is 24.1 Å². The Kier molecular flexibility index (Phi) is 5.30. The van der Waals surface area contributed by atoms with Gasteiger partial charge in [-0.3, -0.25) is 0 Å². The molecule has 2 atom stereocenters. The number of esters is 1. The van der Waals surface area contributed by atoms with Crippen molar-refractivity contribution in [1.29, 1.82) is 0 Å². The van der Waals surface area contributed by atoms with Crippen LogP contribution in [-0.2, 0) is 27.1 Å². The summed E-state index contributed by atoms with van der Waals surface area (Å²) in [5, 5.41) is 10.4. The lowest BCUT2D eigenvalue weighted by molar-refractivity contribution is -0.154. The third-order valence-corrected chi connectivity index (χ3v) is 5.72. The number of aliphatic hydroxyl groups is 1. The fourth-order valence-corrected chi connectivity index (χ4v) is 3.93. The average molecular weight is 410 g/mol. The van der Waals surface area contributed by atoms with Crippen molar-refractivity contribution in [3.8, 4) is 11.5 Å². The molecular weight excluding hydrogens is 384 g/mol. The highest BCUT2D eigenvalue weighted by Gasteiger charge is 2.37. The van der Waals surface area contributed by atoms with Gasteiger partial charge in [-0.25, -0.2) is 4.79 Å². The van der Waals surface area contributed by atoms with Crippen LogP contribution in [-0.4, -0.2) is 43.3 Å². The van der Waals surface area contributed by atoms with E-state index in [4.69, 9.17) is 18.9 Å². The van der Waals surface area contributed by atoms with Crippen molar-refractivity contribution < 1.29 is 28.8 Å². The van der Waals surface area contributed by atoms with E-state index in [1.165, 1.54) is 7.11 Å². The molecule has 2 aromatic carbocycles. The Balaban J connectivity index is 1.69. The van der Waals surface area contributed by atoms with Crippen LogP contribution in [0, 0.1) is 0 Å². The summed E-state index contributed by atoms with van der Waals surface area (Å²) in [4.78, 5) is 12.6. The van der Waals surface area contributed by atoms with E-state index in [9.17, 15) is 9.90 Å². The third kappa shape index (κ3) is 3.68. The topological polar surface area (TPSA) is 74.2 Å². The fourth-order valence-electron chi connectivity index (χ4n) is 3.93. The Bertz CT molecular complexity index is 989. The van der Waals surface area contributed by atoms with Gasteiger partial charge in [0.05, 0.1) is 18.8 Å². The van der Waals surface area contributed by atoms with Gasteiger partial charge in [0, 0.05) is 25.5 Å². The molecule has 4 rings (SSSR count). The van der Waals surface area contributed by atoms with Crippen molar-refractivity contribution in [2.75, 3.05) is 14.2 Å². The van der Waals surface area contributed by atoms with Gasteiger partial charge in [-0.2, -0.15) is 0 Å². The van der Waals surface area contributed by atoms with Gasteiger partial charge in [-0.1, -0.05) is 24.3 Å². The van der Waals surface area contributed by atoms with Gasteiger partial charge in [-0.15, -0.1) is 0 Å². The number of carbonyl (C=O) groups is 1. The zero-order valence-electron chi connectivity index (χ0n) is 17.6. The molecule has 0 spiro atoms. The van der Waals surface area contributed by atoms with Crippen molar-refractivity contribution in [1.82, 2.24) is 0 Å². The maximum absolute atomic E-state index is 12.6. The molecule has 6 nitrogen and oxygen atoms in total. The molecule has 0 aliphatic carbocycles. The molecule has 0 saturated heterocycles. The van der Waals surface area contributed by atoms with Crippen molar-refractivity contribution in [3.63, 3.8) is 0 Å². The quantitative estimate of drug-likeness (QED) is 0.763. The second kappa shape index (κ2) is 7.78. The van der Waals surface area contributed by atoms with Gasteiger partial charge in [0.25, 0.3) is 0 Å². The molecule has 1 N–H and O–H groups in total. The highest BCUT2D eigenvalue weighted by molar-refractivity contribution is 6.19. The average Bonchev–Trinajstić information content (AvgIpc) is 3.04. The summed E-state index contributed by atoms with van der Waals surface area (Å²) in [6.07, 6.45) is -0.314. The maximum atomic E-state index is 12.6. The molecule has 2 aliphatic rings. The lowest BCUT2D eigenvalue weighted by Gasteiger charge is -2.37. The Morgan fingerprint density at radius 2 is 1.87 bits per heavy atom. The number of rotatable bonds is 5. The summed E-state index contributed by atoms with van der Waals surface area (Å²) in [5.74, 6) is 1.09. The number of fused-ring (bicyclic) bond motifs is 1. The molecule has 0 fully saturated rings. The molecule has 30 heavy (non-hydrogen) atoms. The highest BCUT2D eigenvalue weighted by atomic mass is 16.7. The second-order valence-corrected chi connectivity index (χ2v) is 8.15. The molecule has 0 amide bonds. The minimum absolute atomic E-state index is 0.402. The Morgan fingerprint density at radius 3 is 2.53 bits per heavy atom. The van der Waals surface area contributed by atoms with Crippen LogP contribution < -0.4 is 9.47 Å². The molecular formula is C24H26O6. The monoisotopic (exact) mass is 410 g/mol. The molecule has 0 radical (unpaired) electrons. The normalized spacial score (nSPS) is 22.4. The number of hydrogen-bond acceptors (Lipinski definition) is 6. The molecule has 2 aromatic rings. The van der Waals surface area contributed by atoms with Crippen LogP contribution in [0.2, 0.25) is 0 Å². The van der Waals surface area contributed by atoms with Gasteiger partial charge in [-0.05, 0) is 48.7 Å². The zero-order chi connectivity index (χ0) is 21.5. The van der Waals surface area contributed by atoms with Crippen molar-refractivity contribution in [3.05, 3.63) is 64.7 Å². The zero-order valence-corrected chi connectivity index (χ0v) is 17.6. The van der Waals surface area contributed by atoms with Crippen LogP contribution in [0.3, 0.4) is 0 Å². The maximum Gasteiger partial charge on any atom is 0.341 e. The van der Waals surface area contributed by atoms with Gasteiger partial charge in [0.2, 0.25) is 6.29 Å². The van der Waals surface area contributed by atoms with E-state index < -0.39 is 24.0 Å². The Hall–Kier alpha value is -2.83. The van der Waals surface area contributed by atoms with Gasteiger partial charge in [0.15, 0.2) is 0 Å². The van der Waals surface area contributed by atoms with Crippen LogP contribution in [0.1, 0.15) is 30.5 Å². The summed E-state index contributed by atoms with van der Waals surface area (Å²) in [6.45, 7) is 3.76. The van der Waals surface area contributed by atoms with E-state index in [1.54, 1.807) is 7.11 Å². The van der Waals surface area contributed by atoms with Crippen molar-refractivity contribution >= 4 is 11.5 Å². The molecule has 0 bridgehead atoms. The SMILES string of the molecule is COc1ccc(C2=C(Cc3ccc4c(c3)CC(O)C(C)(C)O4)C(OC)OC2=O)cc1. The smallest absolute Gasteiger partial charge is 0.341 e. The Labute approximate surface area is 176 Å². The molecule has 6 heteroatoms. The largest absolute Gasteiger partial charge is 0.497 e. The van der Waals surface area contributed by atoms with E-state index >= 15 is 0 Å². The number of cyclic esters (lactones) is 1. The molecule has 2 aliphatic heterocycles. The van der Waals surface area contributed by atoms with E-state index in [0.29, 0.717) is 24.2 Å². The number of carbonyl (C=O) groups excluding carboxylic acids is 1. The van der Waals surface area contributed by atoms with Gasteiger partial charge in [0.1, 0.15) is 17.1 Å². The van der Waals surface area contributed by atoms with Crippen LogP contribution in [0.5, 0.6) is 11.5 Å². The third-order valence-electron chi connectivity index (χ3n) is 5.72. The number of ether oxygens (including phenoxy) is 4. The lowest BCUT2D eigenvalue weighted by Crippen LogP contribution is -2.46. The predicted molar refractivity (Wildman–Crippen MR) is 111 cm³/mol. The second-order valence-electron chi connectivity index (χ2n) is 8.15. The molecule has 0 aromatic heterocycles. The van der Waals surface area contributed by atoms with Crippen LogP contribution in [0.4, 0.5) is 0 Å². The molecule has 2 unspecified atom stereocenters. The summed E-state index contributed by atoms with van der Waals surface area (Å²) in [7, 11) is 3.12. The van der Waals surface area contributed by atoms with E-state index in [0.717, 1.165) is 28.0 Å². The number of hydrogen-bond donors (Lipinski definition) is 1. The first-order chi connectivity index (χ1) is 14.3. The van der Waals surface area contributed by atoms with E-state index in [-0.39, 0.29) is 0 Å². The van der Waals surface area contributed by atoms with Gasteiger partial charge >= 0.3 is 5.97 Å². The summed E-state index contributed by atoms with van der Waals surface area (Å²) in [5.41, 5.74) is 3.36. The van der Waals surface area contributed by atoms with Crippen molar-refractivity contribution in [2.24, 2.45) is 0 Å². The summed E-state index contributed by atoms with van der Waals surface area (Å²) in [6, 6.07) is 13.2. The van der Waals surface area contributed by atoms with Crippen LogP contribution in [0.25, 0.3) is 5.57 Å². The number of aliphatic hydroxyl groups excluding tert-OH is 1. The summed E-state index contributed by atoms with van der Waals surface area (Å²) < 4.78 is 22.0. The van der Waals surface area contributed by atoms with E-state index in [1.807, 2.05) is 56.3 Å². The minimum atomic E-state index is -0.730. The fraction of sp³-hybridized carbons (Fsp3) is 0.375. The van der Waals surface area contributed by atoms with Crippen molar-refractivity contribution in [2.45, 2.75) is 44.7 Å². The summed E-state index contributed by atoms with van der Waals surface area (Å²) >= 11 is 0. The number of benzene rings is 2. The van der Waals surface area contributed by atoms with Crippen LogP contribution >= 0.6 is 0 Å². The highest BCUT2D eigenvalue weighted by Crippen LogP contribution is 2.37. The minimum Gasteiger partial charge on any atom is -0.497 e. The first kappa shape index (κ1) is 20.4.